The van der Waals surface area contributed by atoms with E-state index in [1.54, 1.807) is 60.1 Å². The first kappa shape index (κ1) is 18.1. The van der Waals surface area contributed by atoms with Crippen molar-refractivity contribution in [3.05, 3.63) is 77.9 Å². The number of amides is 2. The minimum absolute atomic E-state index is 0.0649. The molecule has 0 spiro atoms. The average Bonchev–Trinajstić information content (AvgIpc) is 3.19. The van der Waals surface area contributed by atoms with Crippen LogP contribution in [-0.4, -0.2) is 26.0 Å². The van der Waals surface area contributed by atoms with Crippen molar-refractivity contribution in [3.8, 4) is 0 Å². The second-order valence-electron chi connectivity index (χ2n) is 5.45. The van der Waals surface area contributed by atoms with E-state index in [4.69, 9.17) is 0 Å². The minimum atomic E-state index is -3.64. The number of hydrogen-bond donors (Lipinski definition) is 2. The number of rotatable bonds is 6. The van der Waals surface area contributed by atoms with Gasteiger partial charge in [0.25, 0.3) is 0 Å². The SMILES string of the molecule is O=C(NCC(c1cccnc1)S(=O)(=O)c1cccs1)Nc1ccccc1. The lowest BCUT2D eigenvalue weighted by molar-refractivity contribution is 0.252. The Hall–Kier alpha value is -2.71. The van der Waals surface area contributed by atoms with Gasteiger partial charge in [-0.2, -0.15) is 0 Å². The van der Waals surface area contributed by atoms with Gasteiger partial charge in [0.1, 0.15) is 9.46 Å². The molecule has 0 aliphatic rings. The van der Waals surface area contributed by atoms with Crippen molar-refractivity contribution in [1.29, 1.82) is 0 Å². The number of para-hydroxylation sites is 1. The van der Waals surface area contributed by atoms with Crippen molar-refractivity contribution < 1.29 is 13.2 Å². The number of hydrogen-bond acceptors (Lipinski definition) is 5. The number of thiophene rings is 1. The number of aromatic nitrogens is 1. The number of pyridine rings is 1. The highest BCUT2D eigenvalue weighted by Crippen LogP contribution is 2.30. The second-order valence-corrected chi connectivity index (χ2v) is 8.76. The molecule has 8 heteroatoms. The number of carbonyl (C=O) groups excluding carboxylic acids is 1. The Balaban J connectivity index is 1.78. The zero-order valence-electron chi connectivity index (χ0n) is 13.7. The van der Waals surface area contributed by atoms with Crippen LogP contribution in [0, 0.1) is 0 Å². The maximum absolute atomic E-state index is 13.0. The van der Waals surface area contributed by atoms with Gasteiger partial charge in [0.15, 0.2) is 9.84 Å². The zero-order valence-corrected chi connectivity index (χ0v) is 15.3. The van der Waals surface area contributed by atoms with Crippen LogP contribution in [0.25, 0.3) is 0 Å². The van der Waals surface area contributed by atoms with Gasteiger partial charge < -0.3 is 10.6 Å². The van der Waals surface area contributed by atoms with E-state index < -0.39 is 21.1 Å². The van der Waals surface area contributed by atoms with Gasteiger partial charge in [-0.1, -0.05) is 30.3 Å². The van der Waals surface area contributed by atoms with Gasteiger partial charge in [-0.05, 0) is 35.2 Å². The normalized spacial score (nSPS) is 12.3. The third-order valence-corrected chi connectivity index (χ3v) is 7.22. The molecule has 2 heterocycles. The minimum Gasteiger partial charge on any atom is -0.336 e. The number of carbonyl (C=O) groups is 1. The first-order valence-corrected chi connectivity index (χ1v) is 10.3. The molecule has 0 saturated carbocycles. The summed E-state index contributed by atoms with van der Waals surface area (Å²) < 4.78 is 26.2. The highest BCUT2D eigenvalue weighted by Gasteiger charge is 2.30. The van der Waals surface area contributed by atoms with Gasteiger partial charge in [0.05, 0.1) is 0 Å². The Kier molecular flexibility index (Phi) is 5.65. The maximum Gasteiger partial charge on any atom is 0.319 e. The molecule has 0 aliphatic carbocycles. The number of nitrogens with one attached hydrogen (secondary N) is 2. The topological polar surface area (TPSA) is 88.2 Å². The van der Waals surface area contributed by atoms with Crippen LogP contribution in [0.5, 0.6) is 0 Å². The molecular weight excluding hydrogens is 370 g/mol. The van der Waals surface area contributed by atoms with Crippen LogP contribution in [0.3, 0.4) is 0 Å². The monoisotopic (exact) mass is 387 g/mol. The molecule has 1 unspecified atom stereocenters. The number of nitrogens with zero attached hydrogens (tertiary/aromatic N) is 1. The van der Waals surface area contributed by atoms with E-state index in [1.807, 2.05) is 6.07 Å². The van der Waals surface area contributed by atoms with E-state index in [0.29, 0.717) is 11.3 Å². The molecule has 3 aromatic rings. The molecule has 26 heavy (non-hydrogen) atoms. The number of anilines is 1. The molecule has 6 nitrogen and oxygen atoms in total. The Morgan fingerprint density at radius 1 is 1.08 bits per heavy atom. The standard InChI is InChI=1S/C18H17N3O3S2/c22-18(21-15-7-2-1-3-8-15)20-13-16(14-6-4-10-19-12-14)26(23,24)17-9-5-11-25-17/h1-12,16H,13H2,(H2,20,21,22). The zero-order chi connectivity index (χ0) is 18.4. The van der Waals surface area contributed by atoms with E-state index in [1.165, 1.54) is 6.20 Å². The molecule has 2 N–H and O–H groups in total. The third kappa shape index (κ3) is 4.27. The van der Waals surface area contributed by atoms with Gasteiger partial charge >= 0.3 is 6.03 Å². The number of sulfone groups is 1. The lowest BCUT2D eigenvalue weighted by Crippen LogP contribution is -2.34. The van der Waals surface area contributed by atoms with Gasteiger partial charge in [0.2, 0.25) is 0 Å². The highest BCUT2D eigenvalue weighted by atomic mass is 32.2. The molecule has 0 bridgehead atoms. The van der Waals surface area contributed by atoms with Crippen molar-refractivity contribution in [2.24, 2.45) is 0 Å². The highest BCUT2D eigenvalue weighted by molar-refractivity contribution is 7.93. The van der Waals surface area contributed by atoms with Crippen LogP contribution in [-0.2, 0) is 9.84 Å². The first-order valence-electron chi connectivity index (χ1n) is 7.84. The average molecular weight is 387 g/mol. The molecule has 3 rings (SSSR count). The molecular formula is C18H17N3O3S2. The van der Waals surface area contributed by atoms with Gasteiger partial charge in [-0.15, -0.1) is 11.3 Å². The summed E-state index contributed by atoms with van der Waals surface area (Å²) in [6.45, 7) is -0.0649. The fourth-order valence-corrected chi connectivity index (χ4v) is 5.27. The molecule has 1 aromatic carbocycles. The summed E-state index contributed by atoms with van der Waals surface area (Å²) in [7, 11) is -3.64. The van der Waals surface area contributed by atoms with Crippen LogP contribution < -0.4 is 10.6 Å². The molecule has 2 amide bonds. The fraction of sp³-hybridized carbons (Fsp3) is 0.111. The molecule has 0 aliphatic heterocycles. The summed E-state index contributed by atoms with van der Waals surface area (Å²) in [5.74, 6) is 0. The molecule has 2 aromatic heterocycles. The van der Waals surface area contributed by atoms with E-state index in [2.05, 4.69) is 15.6 Å². The van der Waals surface area contributed by atoms with Crippen molar-refractivity contribution >= 4 is 32.9 Å². The van der Waals surface area contributed by atoms with Gasteiger partial charge in [-0.3, -0.25) is 4.98 Å². The lowest BCUT2D eigenvalue weighted by Gasteiger charge is -2.18. The summed E-state index contributed by atoms with van der Waals surface area (Å²) in [6.07, 6.45) is 3.08. The summed E-state index contributed by atoms with van der Waals surface area (Å²) in [5, 5.41) is 6.11. The predicted octanol–water partition coefficient (Wildman–Crippen LogP) is 3.48. The van der Waals surface area contributed by atoms with Crippen LogP contribution in [0.15, 0.2) is 76.6 Å². The van der Waals surface area contributed by atoms with Crippen molar-refractivity contribution in [3.63, 3.8) is 0 Å². The van der Waals surface area contributed by atoms with Crippen LogP contribution in [0.2, 0.25) is 0 Å². The Bertz CT molecular complexity index is 944. The van der Waals surface area contributed by atoms with Crippen molar-refractivity contribution in [2.45, 2.75) is 9.46 Å². The molecule has 0 fully saturated rings. The van der Waals surface area contributed by atoms with E-state index in [-0.39, 0.29) is 10.8 Å². The van der Waals surface area contributed by atoms with E-state index >= 15 is 0 Å². The molecule has 1 atom stereocenters. The van der Waals surface area contributed by atoms with Crippen LogP contribution >= 0.6 is 11.3 Å². The summed E-state index contributed by atoms with van der Waals surface area (Å²) in [4.78, 5) is 16.1. The van der Waals surface area contributed by atoms with E-state index in [0.717, 1.165) is 11.3 Å². The predicted molar refractivity (Wildman–Crippen MR) is 102 cm³/mol. The van der Waals surface area contributed by atoms with Gasteiger partial charge in [0, 0.05) is 24.6 Å². The molecule has 0 saturated heterocycles. The number of benzene rings is 1. The Labute approximate surface area is 155 Å². The van der Waals surface area contributed by atoms with Crippen molar-refractivity contribution in [2.75, 3.05) is 11.9 Å². The first-order chi connectivity index (χ1) is 12.6. The second kappa shape index (κ2) is 8.11. The summed E-state index contributed by atoms with van der Waals surface area (Å²) in [5.41, 5.74) is 1.16. The molecule has 134 valence electrons. The fourth-order valence-electron chi connectivity index (χ4n) is 2.42. The van der Waals surface area contributed by atoms with Crippen molar-refractivity contribution in [1.82, 2.24) is 10.3 Å². The Morgan fingerprint density at radius 2 is 1.88 bits per heavy atom. The molecule has 0 radical (unpaired) electrons. The maximum atomic E-state index is 13.0. The quantitative estimate of drug-likeness (QED) is 0.678. The van der Waals surface area contributed by atoms with Crippen LogP contribution in [0.4, 0.5) is 10.5 Å². The Morgan fingerprint density at radius 3 is 2.54 bits per heavy atom. The van der Waals surface area contributed by atoms with E-state index in [9.17, 15) is 13.2 Å². The summed E-state index contributed by atoms with van der Waals surface area (Å²) in [6, 6.07) is 15.1. The number of urea groups is 1. The van der Waals surface area contributed by atoms with Gasteiger partial charge in [-0.25, -0.2) is 13.2 Å². The third-order valence-electron chi connectivity index (χ3n) is 3.69. The van der Waals surface area contributed by atoms with Crippen LogP contribution in [0.1, 0.15) is 10.8 Å². The lowest BCUT2D eigenvalue weighted by atomic mass is 10.2. The largest absolute Gasteiger partial charge is 0.336 e. The smallest absolute Gasteiger partial charge is 0.319 e. The summed E-state index contributed by atoms with van der Waals surface area (Å²) >= 11 is 1.15.